The molecule has 0 aliphatic rings. The molecule has 116 valence electrons. The Kier molecular flexibility index (Phi) is 5.28. The number of benzene rings is 1. The van der Waals surface area contributed by atoms with Gasteiger partial charge in [0.1, 0.15) is 0 Å². The van der Waals surface area contributed by atoms with Gasteiger partial charge in [0.05, 0.1) is 10.6 Å². The zero-order valence-electron chi connectivity index (χ0n) is 11.8. The van der Waals surface area contributed by atoms with Gasteiger partial charge in [-0.1, -0.05) is 38.4 Å². The Morgan fingerprint density at radius 1 is 1.24 bits per heavy atom. The third-order valence-corrected chi connectivity index (χ3v) is 2.66. The van der Waals surface area contributed by atoms with Gasteiger partial charge < -0.3 is 10.6 Å². The van der Waals surface area contributed by atoms with Crippen LogP contribution >= 0.6 is 11.6 Å². The Balaban J connectivity index is 2.76. The van der Waals surface area contributed by atoms with Crippen LogP contribution in [0.25, 0.3) is 0 Å². The van der Waals surface area contributed by atoms with Crippen molar-refractivity contribution in [2.75, 3.05) is 5.32 Å². The maximum absolute atomic E-state index is 12.7. The Morgan fingerprint density at radius 3 is 2.38 bits per heavy atom. The number of rotatable bonds is 2. The molecule has 0 radical (unpaired) electrons. The lowest BCUT2D eigenvalue weighted by Crippen LogP contribution is -2.24. The fourth-order valence-corrected chi connectivity index (χ4v) is 1.58. The van der Waals surface area contributed by atoms with Crippen molar-refractivity contribution in [2.24, 2.45) is 5.41 Å². The van der Waals surface area contributed by atoms with Gasteiger partial charge in [-0.3, -0.25) is 0 Å². The maximum atomic E-state index is 12.7. The monoisotopic (exact) mass is 320 g/mol. The molecule has 1 rings (SSSR count). The van der Waals surface area contributed by atoms with E-state index < -0.39 is 22.8 Å². The molecule has 1 aromatic carbocycles. The molecule has 0 spiro atoms. The van der Waals surface area contributed by atoms with Crippen LogP contribution in [0.1, 0.15) is 26.3 Å². The van der Waals surface area contributed by atoms with E-state index in [0.717, 1.165) is 12.1 Å². The molecule has 0 saturated carbocycles. The first-order chi connectivity index (χ1) is 9.49. The molecule has 1 aromatic rings. The van der Waals surface area contributed by atoms with E-state index >= 15 is 0 Å². The summed E-state index contributed by atoms with van der Waals surface area (Å²) in [5.74, 6) is 0. The lowest BCUT2D eigenvalue weighted by molar-refractivity contribution is -0.137. The first-order valence-corrected chi connectivity index (χ1v) is 6.49. The largest absolute Gasteiger partial charge is 0.417 e. The van der Waals surface area contributed by atoms with Crippen LogP contribution < -0.4 is 10.6 Å². The van der Waals surface area contributed by atoms with Crippen LogP contribution in [0.15, 0.2) is 30.5 Å². The van der Waals surface area contributed by atoms with Crippen LogP contribution in [-0.2, 0) is 6.18 Å². The highest BCUT2D eigenvalue weighted by molar-refractivity contribution is 6.31. The first kappa shape index (κ1) is 17.4. The van der Waals surface area contributed by atoms with Crippen molar-refractivity contribution in [1.29, 1.82) is 0 Å². The summed E-state index contributed by atoms with van der Waals surface area (Å²) in [6.45, 7) is 5.83. The minimum Gasteiger partial charge on any atom is -0.315 e. The molecule has 7 heteroatoms. The quantitative estimate of drug-likeness (QED) is 0.787. The third kappa shape index (κ3) is 6.08. The van der Waals surface area contributed by atoms with Gasteiger partial charge in [-0.05, 0) is 23.6 Å². The van der Waals surface area contributed by atoms with Crippen molar-refractivity contribution in [3.63, 3.8) is 0 Å². The lowest BCUT2D eigenvalue weighted by Gasteiger charge is -2.13. The second-order valence-corrected chi connectivity index (χ2v) is 5.90. The number of halogens is 4. The number of carbonyl (C=O) groups excluding carboxylic acids is 1. The summed E-state index contributed by atoms with van der Waals surface area (Å²) in [5.41, 5.74) is -1.10. The van der Waals surface area contributed by atoms with E-state index in [0.29, 0.717) is 0 Å². The smallest absolute Gasteiger partial charge is 0.315 e. The molecule has 0 atom stereocenters. The molecule has 2 N–H and O–H groups in total. The van der Waals surface area contributed by atoms with Crippen LogP contribution in [0.3, 0.4) is 0 Å². The molecule has 0 saturated heterocycles. The predicted molar refractivity (Wildman–Crippen MR) is 77.2 cm³/mol. The highest BCUT2D eigenvalue weighted by atomic mass is 35.5. The van der Waals surface area contributed by atoms with Crippen molar-refractivity contribution in [3.8, 4) is 0 Å². The highest BCUT2D eigenvalue weighted by Gasteiger charge is 2.33. The van der Waals surface area contributed by atoms with Crippen molar-refractivity contribution in [3.05, 3.63) is 41.1 Å². The van der Waals surface area contributed by atoms with Crippen molar-refractivity contribution >= 4 is 23.3 Å². The minimum atomic E-state index is -4.57. The summed E-state index contributed by atoms with van der Waals surface area (Å²) in [6.07, 6.45) is -1.37. The number of carbonyl (C=O) groups is 1. The van der Waals surface area contributed by atoms with Gasteiger partial charge in [-0.2, -0.15) is 13.2 Å². The number of urea groups is 1. The highest BCUT2D eigenvalue weighted by Crippen LogP contribution is 2.36. The molecule has 21 heavy (non-hydrogen) atoms. The summed E-state index contributed by atoms with van der Waals surface area (Å²) in [6, 6.07) is 2.54. The average molecular weight is 321 g/mol. The van der Waals surface area contributed by atoms with Crippen LogP contribution in [0.4, 0.5) is 23.7 Å². The molecule has 0 unspecified atom stereocenters. The van der Waals surface area contributed by atoms with Gasteiger partial charge in [0, 0.05) is 11.9 Å². The Hall–Kier alpha value is -1.69. The van der Waals surface area contributed by atoms with E-state index in [9.17, 15) is 18.0 Å². The summed E-state index contributed by atoms with van der Waals surface area (Å²) in [5, 5.41) is 4.31. The SMILES string of the molecule is CC(C)(C)/C=C/NC(=O)Nc1ccc(Cl)c(C(F)(F)F)c1. The topological polar surface area (TPSA) is 41.1 Å². The van der Waals surface area contributed by atoms with Crippen molar-refractivity contribution in [2.45, 2.75) is 26.9 Å². The summed E-state index contributed by atoms with van der Waals surface area (Å²) in [4.78, 5) is 11.6. The lowest BCUT2D eigenvalue weighted by atomic mass is 9.97. The number of nitrogens with one attached hydrogen (secondary N) is 2. The number of allylic oxidation sites excluding steroid dienone is 1. The molecule has 0 bridgehead atoms. The second kappa shape index (κ2) is 6.39. The van der Waals surface area contributed by atoms with Crippen molar-refractivity contribution < 1.29 is 18.0 Å². The molecule has 0 aliphatic carbocycles. The molecule has 0 heterocycles. The zero-order chi connectivity index (χ0) is 16.3. The first-order valence-electron chi connectivity index (χ1n) is 6.11. The number of alkyl halides is 3. The van der Waals surface area contributed by atoms with E-state index in [4.69, 9.17) is 11.6 Å². The fraction of sp³-hybridized carbons (Fsp3) is 0.357. The fourth-order valence-electron chi connectivity index (χ4n) is 1.35. The minimum absolute atomic E-state index is 0.00776. The van der Waals surface area contributed by atoms with Crippen LogP contribution in [0.5, 0.6) is 0 Å². The van der Waals surface area contributed by atoms with Crippen LogP contribution in [0, 0.1) is 5.41 Å². The van der Waals surface area contributed by atoms with E-state index in [1.54, 1.807) is 6.08 Å². The third-order valence-electron chi connectivity index (χ3n) is 2.33. The van der Waals surface area contributed by atoms with Gasteiger partial charge in [-0.15, -0.1) is 0 Å². The van der Waals surface area contributed by atoms with E-state index in [1.807, 2.05) is 20.8 Å². The number of anilines is 1. The Morgan fingerprint density at radius 2 is 1.86 bits per heavy atom. The summed E-state index contributed by atoms with van der Waals surface area (Å²) < 4.78 is 38.0. The number of hydrogen-bond acceptors (Lipinski definition) is 1. The summed E-state index contributed by atoms with van der Waals surface area (Å²) in [7, 11) is 0. The molecular formula is C14H16ClF3N2O. The van der Waals surface area contributed by atoms with E-state index in [-0.39, 0.29) is 11.1 Å². The van der Waals surface area contributed by atoms with Crippen LogP contribution in [0.2, 0.25) is 5.02 Å². The second-order valence-electron chi connectivity index (χ2n) is 5.49. The van der Waals surface area contributed by atoms with E-state index in [1.165, 1.54) is 12.3 Å². The average Bonchev–Trinajstić information content (AvgIpc) is 2.28. The predicted octanol–water partition coefficient (Wildman–Crippen LogP) is 5.04. The molecule has 0 fully saturated rings. The normalized spacial score (nSPS) is 12.5. The van der Waals surface area contributed by atoms with Gasteiger partial charge in [0.15, 0.2) is 0 Å². The van der Waals surface area contributed by atoms with Gasteiger partial charge in [-0.25, -0.2) is 4.79 Å². The van der Waals surface area contributed by atoms with Gasteiger partial charge in [0.2, 0.25) is 0 Å². The number of hydrogen-bond donors (Lipinski definition) is 2. The maximum Gasteiger partial charge on any atom is 0.417 e. The molecular weight excluding hydrogens is 305 g/mol. The standard InChI is InChI=1S/C14H16ClF3N2O/c1-13(2,3)6-7-19-12(21)20-9-4-5-11(15)10(8-9)14(16,17)18/h4-8H,1-3H3,(H2,19,20,21)/b7-6+. The van der Waals surface area contributed by atoms with Gasteiger partial charge in [0.25, 0.3) is 0 Å². The zero-order valence-corrected chi connectivity index (χ0v) is 12.6. The van der Waals surface area contributed by atoms with Crippen molar-refractivity contribution in [1.82, 2.24) is 5.32 Å². The Labute approximate surface area is 126 Å². The van der Waals surface area contributed by atoms with Gasteiger partial charge >= 0.3 is 12.2 Å². The van der Waals surface area contributed by atoms with Crippen LogP contribution in [-0.4, -0.2) is 6.03 Å². The molecule has 0 aliphatic heterocycles. The van der Waals surface area contributed by atoms with E-state index in [2.05, 4.69) is 10.6 Å². The molecule has 2 amide bonds. The Bertz CT molecular complexity index is 548. The number of amides is 2. The molecule has 3 nitrogen and oxygen atoms in total. The molecule has 0 aromatic heterocycles. The summed E-state index contributed by atoms with van der Waals surface area (Å²) >= 11 is 5.49.